The summed E-state index contributed by atoms with van der Waals surface area (Å²) < 4.78 is 16.9. The largest absolute Gasteiger partial charge is 0.462 e. The Kier molecular flexibility index (Phi) is 50.1. The van der Waals surface area contributed by atoms with E-state index in [4.69, 9.17) is 14.2 Å². The molecule has 0 aromatic carbocycles. The third-order valence-electron chi connectivity index (χ3n) is 13.0. The first-order chi connectivity index (χ1) is 30.9. The van der Waals surface area contributed by atoms with Gasteiger partial charge in [-0.1, -0.05) is 285 Å². The summed E-state index contributed by atoms with van der Waals surface area (Å²) in [6.45, 7) is 9.04. The van der Waals surface area contributed by atoms with Gasteiger partial charge in [-0.3, -0.25) is 14.4 Å². The van der Waals surface area contributed by atoms with Crippen LogP contribution in [-0.2, 0) is 28.6 Å². The lowest BCUT2D eigenvalue weighted by Crippen LogP contribution is -2.30. The van der Waals surface area contributed by atoms with Crippen LogP contribution in [0.1, 0.15) is 323 Å². The molecular weight excluding hydrogens is 781 g/mol. The quantitative estimate of drug-likeness (QED) is 0.0344. The van der Waals surface area contributed by atoms with E-state index in [-0.39, 0.29) is 31.1 Å². The van der Waals surface area contributed by atoms with Crippen molar-refractivity contribution in [3.8, 4) is 0 Å². The Hall–Kier alpha value is -1.59. The van der Waals surface area contributed by atoms with Gasteiger partial charge in [0.05, 0.1) is 0 Å². The van der Waals surface area contributed by atoms with Crippen LogP contribution in [0.4, 0.5) is 0 Å². The molecule has 0 aromatic rings. The van der Waals surface area contributed by atoms with Gasteiger partial charge in [0.15, 0.2) is 6.10 Å². The number of carbonyl (C=O) groups is 3. The van der Waals surface area contributed by atoms with E-state index in [9.17, 15) is 14.4 Å². The lowest BCUT2D eigenvalue weighted by molar-refractivity contribution is -0.167. The van der Waals surface area contributed by atoms with Crippen molar-refractivity contribution < 1.29 is 28.6 Å². The molecule has 0 radical (unpaired) electrons. The SMILES string of the molecule is CCCCCCCCCCCCCCCCCCCCCC(=O)OC[C@H](COC(=O)CCCCCCCCCCCCCC)OC(=O)CCCCCCCCCCCCCC(C)C. The van der Waals surface area contributed by atoms with E-state index >= 15 is 0 Å². The second-order valence-corrected chi connectivity index (χ2v) is 20.1. The second-order valence-electron chi connectivity index (χ2n) is 20.1. The maximum atomic E-state index is 12.8. The van der Waals surface area contributed by atoms with Crippen LogP contribution in [0.2, 0.25) is 0 Å². The number of esters is 3. The van der Waals surface area contributed by atoms with Gasteiger partial charge in [0, 0.05) is 19.3 Å². The van der Waals surface area contributed by atoms with Crippen LogP contribution in [-0.4, -0.2) is 37.2 Å². The Balaban J connectivity index is 4.26. The predicted molar refractivity (Wildman–Crippen MR) is 270 cm³/mol. The first kappa shape index (κ1) is 61.4. The number of carbonyl (C=O) groups excluding carboxylic acids is 3. The Labute approximate surface area is 393 Å². The minimum absolute atomic E-state index is 0.0622. The highest BCUT2D eigenvalue weighted by molar-refractivity contribution is 5.71. The number of ether oxygens (including phenoxy) is 3. The van der Waals surface area contributed by atoms with Crippen molar-refractivity contribution in [2.24, 2.45) is 5.92 Å². The first-order valence-corrected chi connectivity index (χ1v) is 28.4. The lowest BCUT2D eigenvalue weighted by atomic mass is 10.0. The zero-order valence-electron chi connectivity index (χ0n) is 43.0. The smallest absolute Gasteiger partial charge is 0.306 e. The molecule has 0 aliphatic carbocycles. The van der Waals surface area contributed by atoms with Crippen LogP contribution in [0.5, 0.6) is 0 Å². The average Bonchev–Trinajstić information content (AvgIpc) is 3.27. The maximum absolute atomic E-state index is 12.8. The van der Waals surface area contributed by atoms with Crippen LogP contribution >= 0.6 is 0 Å². The van der Waals surface area contributed by atoms with Crippen molar-refractivity contribution in [1.29, 1.82) is 0 Å². The van der Waals surface area contributed by atoms with Gasteiger partial charge in [0.1, 0.15) is 13.2 Å². The number of rotatable bonds is 52. The third kappa shape index (κ3) is 51.3. The van der Waals surface area contributed by atoms with Crippen molar-refractivity contribution in [1.82, 2.24) is 0 Å². The molecule has 0 amide bonds. The number of unbranched alkanes of at least 4 members (excludes halogenated alkanes) is 39. The standard InChI is InChI=1S/C57H110O6/c1-5-7-9-11-13-15-17-19-20-21-22-23-24-25-29-33-37-41-45-49-56(59)62-52-54(51-61-55(58)48-44-40-36-32-28-18-16-14-12-10-8-6-2)63-57(60)50-46-42-38-34-30-26-27-31-35-39-43-47-53(3)4/h53-54H,5-52H2,1-4H3/t54-/m0/s1. The predicted octanol–water partition coefficient (Wildman–Crippen LogP) is 18.6. The van der Waals surface area contributed by atoms with Crippen LogP contribution in [0.15, 0.2) is 0 Å². The van der Waals surface area contributed by atoms with Gasteiger partial charge >= 0.3 is 17.9 Å². The van der Waals surface area contributed by atoms with Gasteiger partial charge in [-0.25, -0.2) is 0 Å². The van der Waals surface area contributed by atoms with Crippen LogP contribution in [0.25, 0.3) is 0 Å². The fourth-order valence-corrected chi connectivity index (χ4v) is 8.75. The highest BCUT2D eigenvalue weighted by atomic mass is 16.6. The van der Waals surface area contributed by atoms with Crippen LogP contribution in [0, 0.1) is 5.92 Å². The Bertz CT molecular complexity index is 949. The molecule has 0 spiro atoms. The van der Waals surface area contributed by atoms with E-state index in [0.29, 0.717) is 19.3 Å². The summed E-state index contributed by atoms with van der Waals surface area (Å²) in [6.07, 6.45) is 55.2. The Morgan fingerprint density at radius 2 is 0.524 bits per heavy atom. The van der Waals surface area contributed by atoms with Gasteiger partial charge in [-0.15, -0.1) is 0 Å². The average molecular weight is 892 g/mol. The molecule has 6 nitrogen and oxygen atoms in total. The summed E-state index contributed by atoms with van der Waals surface area (Å²) >= 11 is 0. The minimum atomic E-state index is -0.761. The molecule has 1 atom stereocenters. The van der Waals surface area contributed by atoms with Crippen LogP contribution < -0.4 is 0 Å². The first-order valence-electron chi connectivity index (χ1n) is 28.4. The molecule has 0 aliphatic rings. The van der Waals surface area contributed by atoms with E-state index in [0.717, 1.165) is 63.7 Å². The van der Waals surface area contributed by atoms with Gasteiger partial charge in [-0.05, 0) is 25.2 Å². The van der Waals surface area contributed by atoms with Crippen molar-refractivity contribution in [2.45, 2.75) is 329 Å². The number of hydrogen-bond donors (Lipinski definition) is 0. The van der Waals surface area contributed by atoms with Crippen molar-refractivity contribution in [3.63, 3.8) is 0 Å². The summed E-state index contributed by atoms with van der Waals surface area (Å²) in [5.74, 6) is -0.0137. The summed E-state index contributed by atoms with van der Waals surface area (Å²) in [7, 11) is 0. The molecule has 0 unspecified atom stereocenters. The Morgan fingerprint density at radius 3 is 0.778 bits per heavy atom. The van der Waals surface area contributed by atoms with E-state index in [2.05, 4.69) is 27.7 Å². The maximum Gasteiger partial charge on any atom is 0.306 e. The van der Waals surface area contributed by atoms with Crippen molar-refractivity contribution >= 4 is 17.9 Å². The zero-order chi connectivity index (χ0) is 45.9. The highest BCUT2D eigenvalue weighted by Gasteiger charge is 2.19. The normalized spacial score (nSPS) is 12.0. The van der Waals surface area contributed by atoms with E-state index in [1.807, 2.05) is 0 Å². The summed E-state index contributed by atoms with van der Waals surface area (Å²) in [5, 5.41) is 0. The van der Waals surface area contributed by atoms with E-state index in [1.165, 1.54) is 218 Å². The second kappa shape index (κ2) is 51.4. The molecule has 0 saturated heterocycles. The van der Waals surface area contributed by atoms with E-state index < -0.39 is 6.10 Å². The molecule has 0 saturated carbocycles. The fraction of sp³-hybridized carbons (Fsp3) is 0.947. The molecule has 0 aliphatic heterocycles. The summed E-state index contributed by atoms with van der Waals surface area (Å²) in [4.78, 5) is 38.1. The van der Waals surface area contributed by atoms with Crippen LogP contribution in [0.3, 0.4) is 0 Å². The lowest BCUT2D eigenvalue weighted by Gasteiger charge is -2.18. The van der Waals surface area contributed by atoms with Crippen molar-refractivity contribution in [2.75, 3.05) is 13.2 Å². The molecule has 0 N–H and O–H groups in total. The molecule has 0 heterocycles. The topological polar surface area (TPSA) is 78.9 Å². The van der Waals surface area contributed by atoms with Gasteiger partial charge in [-0.2, -0.15) is 0 Å². The fourth-order valence-electron chi connectivity index (χ4n) is 8.75. The summed E-state index contributed by atoms with van der Waals surface area (Å²) in [5.41, 5.74) is 0. The van der Waals surface area contributed by atoms with Gasteiger partial charge in [0.2, 0.25) is 0 Å². The number of hydrogen-bond acceptors (Lipinski definition) is 6. The third-order valence-corrected chi connectivity index (χ3v) is 13.0. The zero-order valence-corrected chi connectivity index (χ0v) is 43.0. The molecule has 374 valence electrons. The molecule has 0 aromatic heterocycles. The van der Waals surface area contributed by atoms with Gasteiger partial charge in [0.25, 0.3) is 0 Å². The van der Waals surface area contributed by atoms with Crippen molar-refractivity contribution in [3.05, 3.63) is 0 Å². The molecule has 0 bridgehead atoms. The molecule has 6 heteroatoms. The van der Waals surface area contributed by atoms with Gasteiger partial charge < -0.3 is 14.2 Å². The highest BCUT2D eigenvalue weighted by Crippen LogP contribution is 2.18. The Morgan fingerprint density at radius 1 is 0.302 bits per heavy atom. The molecule has 63 heavy (non-hydrogen) atoms. The molecule has 0 fully saturated rings. The molecular formula is C57H110O6. The molecule has 0 rings (SSSR count). The van der Waals surface area contributed by atoms with E-state index in [1.54, 1.807) is 0 Å². The minimum Gasteiger partial charge on any atom is -0.462 e. The summed E-state index contributed by atoms with van der Waals surface area (Å²) in [6, 6.07) is 0. The monoisotopic (exact) mass is 891 g/mol.